The van der Waals surface area contributed by atoms with E-state index < -0.39 is 0 Å². The number of fused-ring (bicyclic) bond motifs is 5. The quantitative estimate of drug-likeness (QED) is 0.633. The minimum Gasteiger partial charge on any atom is -0.411 e. The molecule has 3 aliphatic carbocycles. The molecular weight excluding hydrogens is 331 g/mol. The molecule has 4 rings (SSSR count). The van der Waals surface area contributed by atoms with Crippen LogP contribution in [0.3, 0.4) is 0 Å². The minimum absolute atomic E-state index is 0.0800. The number of hydrogen-bond acceptors (Lipinski definition) is 3. The molecule has 3 N–H and O–H groups in total. The van der Waals surface area contributed by atoms with Crippen LogP contribution in [0, 0.1) is 29.0 Å². The summed E-state index contributed by atoms with van der Waals surface area (Å²) in [5.74, 6) is 1.12. The smallest absolute Gasteiger partial charge is 0.217 e. The largest absolute Gasteiger partial charge is 0.411 e. The van der Waals surface area contributed by atoms with E-state index in [-0.39, 0.29) is 17.1 Å². The van der Waals surface area contributed by atoms with E-state index in [1.807, 2.05) is 6.07 Å². The van der Waals surface area contributed by atoms with Gasteiger partial charge >= 0.3 is 0 Å². The Bertz CT molecular complexity index is 762. The molecule has 0 bridgehead atoms. The van der Waals surface area contributed by atoms with Crippen LogP contribution in [0.4, 0.5) is 4.39 Å². The molecule has 0 heterocycles. The first-order valence-electron chi connectivity index (χ1n) is 9.72. The van der Waals surface area contributed by atoms with E-state index in [9.17, 15) is 14.4 Å². The molecule has 4 nitrogen and oxygen atoms in total. The molecule has 26 heavy (non-hydrogen) atoms. The maximum atomic E-state index is 14.3. The molecule has 2 saturated carbocycles. The lowest BCUT2D eigenvalue weighted by molar-refractivity contribution is -0.118. The Balaban J connectivity index is 1.70. The summed E-state index contributed by atoms with van der Waals surface area (Å²) in [5, 5.41) is 13.3. The molecule has 5 heteroatoms. The van der Waals surface area contributed by atoms with Gasteiger partial charge in [0.05, 0.1) is 5.71 Å². The molecule has 0 spiro atoms. The number of carbonyl (C=O) groups excluding carboxylic acids is 1. The maximum absolute atomic E-state index is 14.3. The monoisotopic (exact) mass is 358 g/mol. The van der Waals surface area contributed by atoms with Gasteiger partial charge in [-0.2, -0.15) is 0 Å². The van der Waals surface area contributed by atoms with Crippen molar-refractivity contribution in [2.24, 2.45) is 34.1 Å². The van der Waals surface area contributed by atoms with Crippen LogP contribution in [-0.4, -0.2) is 16.8 Å². The summed E-state index contributed by atoms with van der Waals surface area (Å²) in [7, 11) is 0. The lowest BCUT2D eigenvalue weighted by Crippen LogP contribution is -2.44. The van der Waals surface area contributed by atoms with E-state index in [4.69, 9.17) is 5.73 Å². The molecular formula is C21H27FN2O2. The fraction of sp³-hybridized carbons (Fsp3) is 0.619. The molecule has 0 aromatic heterocycles. The Kier molecular flexibility index (Phi) is 4.28. The number of nitrogens with two attached hydrogens (primary N) is 1. The predicted molar refractivity (Wildman–Crippen MR) is 97.5 cm³/mol. The highest BCUT2D eigenvalue weighted by molar-refractivity contribution is 5.92. The minimum atomic E-state index is -0.274. The summed E-state index contributed by atoms with van der Waals surface area (Å²) in [6.45, 7) is 2.22. The molecule has 1 aromatic rings. The topological polar surface area (TPSA) is 75.7 Å². The van der Waals surface area contributed by atoms with Crippen LogP contribution >= 0.6 is 0 Å². The third kappa shape index (κ3) is 2.55. The van der Waals surface area contributed by atoms with E-state index in [2.05, 4.69) is 18.1 Å². The van der Waals surface area contributed by atoms with E-state index in [0.717, 1.165) is 49.8 Å². The van der Waals surface area contributed by atoms with Gasteiger partial charge in [-0.1, -0.05) is 24.2 Å². The normalized spacial score (nSPS) is 37.1. The zero-order valence-corrected chi connectivity index (χ0v) is 15.2. The SMILES string of the molecule is C[C@]12CCC3c4cccc(F)c4CCC3C1[C@H](CCC(N)=O)C/C2=N\O. The van der Waals surface area contributed by atoms with Gasteiger partial charge in [0.25, 0.3) is 0 Å². The second-order valence-electron chi connectivity index (χ2n) is 8.61. The van der Waals surface area contributed by atoms with Crippen molar-refractivity contribution in [1.82, 2.24) is 0 Å². The lowest BCUT2D eigenvalue weighted by Gasteiger charge is -2.50. The standard InChI is InChI=1S/C21H27FN2O2/c1-21-10-9-14-13-3-2-4-17(22)15(13)6-7-16(14)20(21)12(5-8-19(23)25)11-18(21)24-26/h2-4,12,14,16,20,26H,5-11H2,1H3,(H2,23,25)/b24-18+/t12-,14?,16?,20?,21-/m1/s1. The van der Waals surface area contributed by atoms with Crippen molar-refractivity contribution in [2.45, 2.75) is 57.8 Å². The van der Waals surface area contributed by atoms with Crippen molar-refractivity contribution < 1.29 is 14.4 Å². The maximum Gasteiger partial charge on any atom is 0.217 e. The Labute approximate surface area is 153 Å². The molecule has 2 fully saturated rings. The van der Waals surface area contributed by atoms with Gasteiger partial charge in [-0.15, -0.1) is 0 Å². The van der Waals surface area contributed by atoms with Crippen LogP contribution in [0.25, 0.3) is 0 Å². The van der Waals surface area contributed by atoms with Gasteiger partial charge in [0.2, 0.25) is 5.91 Å². The van der Waals surface area contributed by atoms with Gasteiger partial charge in [-0.3, -0.25) is 4.79 Å². The van der Waals surface area contributed by atoms with E-state index in [0.29, 0.717) is 30.1 Å². The number of halogens is 1. The average molecular weight is 358 g/mol. The molecule has 1 aromatic carbocycles. The molecule has 0 saturated heterocycles. The first-order chi connectivity index (χ1) is 12.5. The van der Waals surface area contributed by atoms with Crippen molar-refractivity contribution >= 4 is 11.6 Å². The van der Waals surface area contributed by atoms with Gasteiger partial charge in [0, 0.05) is 11.8 Å². The fourth-order valence-electron chi connectivity index (χ4n) is 6.40. The molecule has 0 radical (unpaired) electrons. The van der Waals surface area contributed by atoms with Crippen LogP contribution in [0.15, 0.2) is 23.4 Å². The Morgan fingerprint density at radius 2 is 2.23 bits per heavy atom. The predicted octanol–water partition coefficient (Wildman–Crippen LogP) is 4.00. The first-order valence-corrected chi connectivity index (χ1v) is 9.72. The first kappa shape index (κ1) is 17.5. The van der Waals surface area contributed by atoms with Gasteiger partial charge in [-0.05, 0) is 79.4 Å². The second-order valence-corrected chi connectivity index (χ2v) is 8.61. The zero-order valence-electron chi connectivity index (χ0n) is 15.2. The number of nitrogens with zero attached hydrogens (tertiary/aromatic N) is 1. The molecule has 3 unspecified atom stereocenters. The van der Waals surface area contributed by atoms with Crippen LogP contribution in [0.5, 0.6) is 0 Å². The molecule has 1 amide bonds. The molecule has 3 aliphatic rings. The zero-order chi connectivity index (χ0) is 18.5. The van der Waals surface area contributed by atoms with Crippen LogP contribution in [-0.2, 0) is 11.2 Å². The Morgan fingerprint density at radius 3 is 2.96 bits per heavy atom. The number of rotatable bonds is 3. The number of amides is 1. The fourth-order valence-corrected chi connectivity index (χ4v) is 6.40. The number of oxime groups is 1. The third-order valence-electron chi connectivity index (χ3n) is 7.48. The highest BCUT2D eigenvalue weighted by Gasteiger charge is 2.57. The summed E-state index contributed by atoms with van der Waals surface area (Å²) in [4.78, 5) is 11.3. The summed E-state index contributed by atoms with van der Waals surface area (Å²) in [5.41, 5.74) is 8.21. The molecule has 0 aliphatic heterocycles. The Hall–Kier alpha value is -1.91. The number of primary amides is 1. The number of carbonyl (C=O) groups is 1. The summed E-state index contributed by atoms with van der Waals surface area (Å²) in [6, 6.07) is 5.48. The summed E-state index contributed by atoms with van der Waals surface area (Å²) < 4.78 is 14.3. The van der Waals surface area contributed by atoms with Crippen LogP contribution < -0.4 is 5.73 Å². The second kappa shape index (κ2) is 6.36. The number of hydrogen-bond donors (Lipinski definition) is 2. The molecule has 140 valence electrons. The summed E-state index contributed by atoms with van der Waals surface area (Å²) >= 11 is 0. The van der Waals surface area contributed by atoms with Crippen molar-refractivity contribution in [3.63, 3.8) is 0 Å². The van der Waals surface area contributed by atoms with Gasteiger partial charge in [0.15, 0.2) is 0 Å². The summed E-state index contributed by atoms with van der Waals surface area (Å²) in [6.07, 6.45) is 5.53. The van der Waals surface area contributed by atoms with Crippen molar-refractivity contribution in [3.8, 4) is 0 Å². The lowest BCUT2D eigenvalue weighted by atomic mass is 9.54. The van der Waals surface area contributed by atoms with Crippen molar-refractivity contribution in [3.05, 3.63) is 35.1 Å². The third-order valence-corrected chi connectivity index (χ3v) is 7.48. The highest BCUT2D eigenvalue weighted by atomic mass is 19.1. The van der Waals surface area contributed by atoms with Crippen LogP contribution in [0.1, 0.15) is 62.5 Å². The van der Waals surface area contributed by atoms with E-state index in [1.165, 1.54) is 5.56 Å². The highest BCUT2D eigenvalue weighted by Crippen LogP contribution is 2.62. The molecule has 5 atom stereocenters. The van der Waals surface area contributed by atoms with Crippen molar-refractivity contribution in [2.75, 3.05) is 0 Å². The van der Waals surface area contributed by atoms with Gasteiger partial charge in [0.1, 0.15) is 5.82 Å². The van der Waals surface area contributed by atoms with Crippen molar-refractivity contribution in [1.29, 1.82) is 0 Å². The van der Waals surface area contributed by atoms with E-state index in [1.54, 1.807) is 6.07 Å². The van der Waals surface area contributed by atoms with E-state index >= 15 is 0 Å². The van der Waals surface area contributed by atoms with Gasteiger partial charge < -0.3 is 10.9 Å². The average Bonchev–Trinajstić information content (AvgIpc) is 2.92. The Morgan fingerprint density at radius 1 is 1.42 bits per heavy atom. The van der Waals surface area contributed by atoms with Crippen LogP contribution in [0.2, 0.25) is 0 Å². The number of benzene rings is 1. The van der Waals surface area contributed by atoms with Gasteiger partial charge in [-0.25, -0.2) is 4.39 Å².